The van der Waals surface area contributed by atoms with Crippen LogP contribution in [-0.2, 0) is 17.9 Å². The number of nitrogens with zero attached hydrogens (tertiary/aromatic N) is 2. The average Bonchev–Trinajstić information content (AvgIpc) is 3.13. The first-order valence-electron chi connectivity index (χ1n) is 8.68. The van der Waals surface area contributed by atoms with E-state index in [1.807, 2.05) is 35.6 Å². The topological polar surface area (TPSA) is 35.6 Å². The van der Waals surface area contributed by atoms with E-state index in [0.29, 0.717) is 18.0 Å². The number of hydrogen-bond donors (Lipinski definition) is 1. The zero-order valence-electron chi connectivity index (χ0n) is 14.3. The molecular formula is C19H24ClN3OS. The second-order valence-corrected chi connectivity index (χ2v) is 7.75. The van der Waals surface area contributed by atoms with E-state index in [9.17, 15) is 4.79 Å². The van der Waals surface area contributed by atoms with Gasteiger partial charge in [-0.3, -0.25) is 9.69 Å². The number of thiophene rings is 1. The van der Waals surface area contributed by atoms with Crippen molar-refractivity contribution in [2.24, 2.45) is 0 Å². The van der Waals surface area contributed by atoms with Crippen LogP contribution >= 0.6 is 22.9 Å². The predicted octanol–water partition coefficient (Wildman–Crippen LogP) is 3.23. The van der Waals surface area contributed by atoms with Gasteiger partial charge in [0.1, 0.15) is 0 Å². The average molecular weight is 378 g/mol. The quantitative estimate of drug-likeness (QED) is 0.804. The number of hydrogen-bond acceptors (Lipinski definition) is 4. The molecule has 0 radical (unpaired) electrons. The van der Waals surface area contributed by atoms with Crippen molar-refractivity contribution in [2.45, 2.75) is 19.5 Å². The molecule has 1 aromatic carbocycles. The summed E-state index contributed by atoms with van der Waals surface area (Å²) < 4.78 is 0. The second-order valence-electron chi connectivity index (χ2n) is 6.32. The Morgan fingerprint density at radius 1 is 1.08 bits per heavy atom. The summed E-state index contributed by atoms with van der Waals surface area (Å²) in [6.07, 6.45) is 0.537. The second kappa shape index (κ2) is 9.34. The molecule has 0 spiro atoms. The lowest BCUT2D eigenvalue weighted by molar-refractivity contribution is -0.121. The molecule has 1 amide bonds. The van der Waals surface area contributed by atoms with Crippen molar-refractivity contribution >= 4 is 28.8 Å². The first-order chi connectivity index (χ1) is 12.2. The van der Waals surface area contributed by atoms with E-state index in [4.69, 9.17) is 11.6 Å². The lowest BCUT2D eigenvalue weighted by Gasteiger charge is -2.34. The van der Waals surface area contributed by atoms with Crippen LogP contribution in [-0.4, -0.2) is 48.4 Å². The molecule has 1 fully saturated rings. The monoisotopic (exact) mass is 377 g/mol. The molecule has 1 aromatic heterocycles. The third kappa shape index (κ3) is 5.82. The molecular weight excluding hydrogens is 354 g/mol. The highest BCUT2D eigenvalue weighted by molar-refractivity contribution is 7.09. The maximum atomic E-state index is 12.1. The Morgan fingerprint density at radius 2 is 1.84 bits per heavy atom. The Labute approximate surface area is 158 Å². The smallest absolute Gasteiger partial charge is 0.221 e. The van der Waals surface area contributed by atoms with E-state index >= 15 is 0 Å². The molecule has 1 saturated heterocycles. The predicted molar refractivity (Wildman–Crippen MR) is 104 cm³/mol. The summed E-state index contributed by atoms with van der Waals surface area (Å²) in [4.78, 5) is 18.3. The lowest BCUT2D eigenvalue weighted by Crippen LogP contribution is -2.46. The number of rotatable bonds is 7. The minimum atomic E-state index is 0.0842. The highest BCUT2D eigenvalue weighted by Crippen LogP contribution is 2.15. The number of nitrogens with one attached hydrogen (secondary N) is 1. The first kappa shape index (κ1) is 18.4. The fourth-order valence-electron chi connectivity index (χ4n) is 2.98. The van der Waals surface area contributed by atoms with Gasteiger partial charge in [-0.05, 0) is 23.1 Å². The Balaban J connectivity index is 1.32. The number of amides is 1. The van der Waals surface area contributed by atoms with E-state index in [1.54, 1.807) is 0 Å². The fourth-order valence-corrected chi connectivity index (χ4v) is 3.93. The van der Waals surface area contributed by atoms with Crippen molar-refractivity contribution in [1.82, 2.24) is 15.1 Å². The van der Waals surface area contributed by atoms with Gasteiger partial charge in [-0.1, -0.05) is 35.9 Å². The van der Waals surface area contributed by atoms with Crippen LogP contribution in [0.25, 0.3) is 0 Å². The largest absolute Gasteiger partial charge is 0.352 e. The van der Waals surface area contributed by atoms with Gasteiger partial charge in [0.25, 0.3) is 0 Å². The Hall–Kier alpha value is -1.40. The maximum Gasteiger partial charge on any atom is 0.221 e. The standard InChI is InChI=1S/C19H24ClN3OS/c20-18-6-2-1-4-16(18)14-21-19(24)7-8-22-9-11-23(12-10-22)15-17-5-3-13-25-17/h1-6,13H,7-12,14-15H2,(H,21,24). The van der Waals surface area contributed by atoms with Gasteiger partial charge in [-0.15, -0.1) is 11.3 Å². The van der Waals surface area contributed by atoms with Crippen molar-refractivity contribution in [1.29, 1.82) is 0 Å². The lowest BCUT2D eigenvalue weighted by atomic mass is 10.2. The van der Waals surface area contributed by atoms with E-state index in [0.717, 1.165) is 44.8 Å². The highest BCUT2D eigenvalue weighted by atomic mass is 35.5. The van der Waals surface area contributed by atoms with Gasteiger partial charge in [-0.2, -0.15) is 0 Å². The number of carbonyl (C=O) groups excluding carboxylic acids is 1. The molecule has 4 nitrogen and oxygen atoms in total. The molecule has 6 heteroatoms. The molecule has 0 unspecified atom stereocenters. The Bertz CT molecular complexity index is 669. The van der Waals surface area contributed by atoms with Crippen LogP contribution in [0.5, 0.6) is 0 Å². The van der Waals surface area contributed by atoms with Crippen LogP contribution in [0.2, 0.25) is 5.02 Å². The summed E-state index contributed by atoms with van der Waals surface area (Å²) in [5.74, 6) is 0.0842. The van der Waals surface area contributed by atoms with E-state index in [-0.39, 0.29) is 5.91 Å². The third-order valence-corrected chi connectivity index (χ3v) is 5.74. The first-order valence-corrected chi connectivity index (χ1v) is 9.93. The summed E-state index contributed by atoms with van der Waals surface area (Å²) in [6, 6.07) is 11.9. The SMILES string of the molecule is O=C(CCN1CCN(Cc2cccs2)CC1)NCc1ccccc1Cl. The molecule has 1 aliphatic rings. The van der Waals surface area contributed by atoms with E-state index in [1.165, 1.54) is 4.88 Å². The van der Waals surface area contributed by atoms with Crippen LogP contribution in [0.3, 0.4) is 0 Å². The van der Waals surface area contributed by atoms with Crippen molar-refractivity contribution in [3.8, 4) is 0 Å². The van der Waals surface area contributed by atoms with Crippen molar-refractivity contribution < 1.29 is 4.79 Å². The van der Waals surface area contributed by atoms with Crippen molar-refractivity contribution in [2.75, 3.05) is 32.7 Å². The molecule has 1 N–H and O–H groups in total. The molecule has 134 valence electrons. The maximum absolute atomic E-state index is 12.1. The minimum Gasteiger partial charge on any atom is -0.352 e. The third-order valence-electron chi connectivity index (χ3n) is 4.51. The van der Waals surface area contributed by atoms with Crippen LogP contribution in [0.4, 0.5) is 0 Å². The van der Waals surface area contributed by atoms with Crippen LogP contribution in [0.1, 0.15) is 16.9 Å². The number of halogens is 1. The number of piperazine rings is 1. The molecule has 0 bridgehead atoms. The van der Waals surface area contributed by atoms with Crippen molar-refractivity contribution in [3.05, 3.63) is 57.2 Å². The molecule has 0 aliphatic carbocycles. The summed E-state index contributed by atoms with van der Waals surface area (Å²) >= 11 is 7.93. The molecule has 0 atom stereocenters. The van der Waals surface area contributed by atoms with Gasteiger partial charge in [0.2, 0.25) is 5.91 Å². The minimum absolute atomic E-state index is 0.0842. The summed E-state index contributed by atoms with van der Waals surface area (Å²) in [5, 5.41) is 5.79. The Morgan fingerprint density at radius 3 is 2.56 bits per heavy atom. The van der Waals surface area contributed by atoms with Crippen LogP contribution in [0.15, 0.2) is 41.8 Å². The van der Waals surface area contributed by atoms with Crippen molar-refractivity contribution in [3.63, 3.8) is 0 Å². The molecule has 25 heavy (non-hydrogen) atoms. The van der Waals surface area contributed by atoms with Gasteiger partial charge in [0.05, 0.1) is 0 Å². The van der Waals surface area contributed by atoms with Gasteiger partial charge in [-0.25, -0.2) is 0 Å². The molecule has 2 aromatic rings. The highest BCUT2D eigenvalue weighted by Gasteiger charge is 2.17. The fraction of sp³-hybridized carbons (Fsp3) is 0.421. The van der Waals surface area contributed by atoms with Gasteiger partial charge in [0, 0.05) is 62.1 Å². The molecule has 0 saturated carbocycles. The number of carbonyl (C=O) groups is 1. The van der Waals surface area contributed by atoms with Gasteiger partial charge >= 0.3 is 0 Å². The Kier molecular flexibility index (Phi) is 6.87. The normalized spacial score (nSPS) is 16.0. The zero-order chi connectivity index (χ0) is 17.5. The summed E-state index contributed by atoms with van der Waals surface area (Å²) in [5.41, 5.74) is 0.958. The van der Waals surface area contributed by atoms with Gasteiger partial charge in [0.15, 0.2) is 0 Å². The molecule has 2 heterocycles. The van der Waals surface area contributed by atoms with Crippen LogP contribution in [0, 0.1) is 0 Å². The van der Waals surface area contributed by atoms with E-state index < -0.39 is 0 Å². The van der Waals surface area contributed by atoms with Gasteiger partial charge < -0.3 is 10.2 Å². The summed E-state index contributed by atoms with van der Waals surface area (Å²) in [6.45, 7) is 6.56. The summed E-state index contributed by atoms with van der Waals surface area (Å²) in [7, 11) is 0. The number of benzene rings is 1. The molecule has 1 aliphatic heterocycles. The zero-order valence-corrected chi connectivity index (χ0v) is 15.9. The molecule has 3 rings (SSSR count). The van der Waals surface area contributed by atoms with E-state index in [2.05, 4.69) is 32.6 Å². The van der Waals surface area contributed by atoms with Crippen LogP contribution < -0.4 is 5.32 Å².